The van der Waals surface area contributed by atoms with Gasteiger partial charge in [0.1, 0.15) is 10.7 Å². The molecule has 4 nitrogen and oxygen atoms in total. The summed E-state index contributed by atoms with van der Waals surface area (Å²) < 4.78 is 40.5. The van der Waals surface area contributed by atoms with Gasteiger partial charge in [-0.15, -0.1) is 0 Å². The van der Waals surface area contributed by atoms with Gasteiger partial charge in [-0.2, -0.15) is 0 Å². The molecule has 0 atom stereocenters. The number of nitrogens with two attached hydrogens (primary N) is 1. The highest BCUT2D eigenvalue weighted by Gasteiger charge is 2.20. The van der Waals surface area contributed by atoms with Crippen LogP contribution in [0.15, 0.2) is 28.7 Å². The monoisotopic (exact) mass is 312 g/mol. The average molecular weight is 312 g/mol. The Morgan fingerprint density at radius 1 is 1.33 bits per heavy atom. The van der Waals surface area contributed by atoms with E-state index in [1.807, 2.05) is 0 Å². The molecule has 2 rings (SSSR count). The van der Waals surface area contributed by atoms with E-state index < -0.39 is 15.8 Å². The highest BCUT2D eigenvalue weighted by Crippen LogP contribution is 2.22. The van der Waals surface area contributed by atoms with Crippen molar-refractivity contribution in [1.29, 1.82) is 0 Å². The molecule has 116 valence electrons. The van der Waals surface area contributed by atoms with Crippen LogP contribution in [-0.4, -0.2) is 15.0 Å². The SMILES string of the molecule is Cc1cc(F)c(S(=O)(=O)NCCC2=CCCCC2)cc1N. The van der Waals surface area contributed by atoms with E-state index in [0.29, 0.717) is 12.0 Å². The van der Waals surface area contributed by atoms with Crippen molar-refractivity contribution in [2.24, 2.45) is 0 Å². The van der Waals surface area contributed by atoms with Crippen LogP contribution in [0.5, 0.6) is 0 Å². The fourth-order valence-electron chi connectivity index (χ4n) is 2.43. The number of hydrogen-bond acceptors (Lipinski definition) is 3. The van der Waals surface area contributed by atoms with E-state index in [2.05, 4.69) is 10.8 Å². The summed E-state index contributed by atoms with van der Waals surface area (Å²) in [6, 6.07) is 2.32. The van der Waals surface area contributed by atoms with Gasteiger partial charge in [0.25, 0.3) is 0 Å². The van der Waals surface area contributed by atoms with Gasteiger partial charge in [-0.05, 0) is 56.7 Å². The van der Waals surface area contributed by atoms with Gasteiger partial charge in [-0.1, -0.05) is 11.6 Å². The minimum absolute atomic E-state index is 0.270. The topological polar surface area (TPSA) is 72.2 Å². The molecule has 0 unspecified atom stereocenters. The van der Waals surface area contributed by atoms with E-state index in [9.17, 15) is 12.8 Å². The number of nitrogen functional groups attached to an aromatic ring is 1. The number of rotatable bonds is 5. The lowest BCUT2D eigenvalue weighted by Gasteiger charge is -2.13. The highest BCUT2D eigenvalue weighted by molar-refractivity contribution is 7.89. The quantitative estimate of drug-likeness (QED) is 0.648. The predicted octanol–water partition coefficient (Wildman–Crippen LogP) is 2.89. The molecule has 0 radical (unpaired) electrons. The number of sulfonamides is 1. The number of nitrogens with one attached hydrogen (secondary N) is 1. The van der Waals surface area contributed by atoms with Crippen molar-refractivity contribution in [3.63, 3.8) is 0 Å². The first-order chi connectivity index (χ1) is 9.90. The van der Waals surface area contributed by atoms with Crippen molar-refractivity contribution in [3.05, 3.63) is 35.2 Å². The zero-order chi connectivity index (χ0) is 15.5. The molecule has 0 bridgehead atoms. The van der Waals surface area contributed by atoms with E-state index in [4.69, 9.17) is 5.73 Å². The van der Waals surface area contributed by atoms with Crippen LogP contribution >= 0.6 is 0 Å². The molecule has 1 aromatic carbocycles. The summed E-state index contributed by atoms with van der Waals surface area (Å²) in [5.41, 5.74) is 7.73. The largest absolute Gasteiger partial charge is 0.398 e. The Morgan fingerprint density at radius 3 is 2.76 bits per heavy atom. The van der Waals surface area contributed by atoms with Gasteiger partial charge in [0, 0.05) is 12.2 Å². The molecule has 1 aliphatic rings. The first kappa shape index (κ1) is 16.0. The molecule has 0 spiro atoms. The second-order valence-electron chi connectivity index (χ2n) is 5.40. The van der Waals surface area contributed by atoms with E-state index in [1.54, 1.807) is 6.92 Å². The second kappa shape index (κ2) is 6.58. The standard InChI is InChI=1S/C15H21FN2O2S/c1-11-9-13(16)15(10-14(11)17)21(19,20)18-8-7-12-5-3-2-4-6-12/h5,9-10,18H,2-4,6-8,17H2,1H3. The van der Waals surface area contributed by atoms with Crippen LogP contribution in [0.25, 0.3) is 0 Å². The third-order valence-corrected chi connectivity index (χ3v) is 5.21. The maximum Gasteiger partial charge on any atom is 0.243 e. The lowest BCUT2D eigenvalue weighted by molar-refractivity contribution is 0.556. The summed E-state index contributed by atoms with van der Waals surface area (Å²) in [5, 5.41) is 0. The third kappa shape index (κ3) is 4.04. The van der Waals surface area contributed by atoms with E-state index in [0.717, 1.165) is 25.3 Å². The van der Waals surface area contributed by atoms with Gasteiger partial charge in [0.15, 0.2) is 0 Å². The molecule has 0 saturated heterocycles. The van der Waals surface area contributed by atoms with Crippen LogP contribution in [0.2, 0.25) is 0 Å². The van der Waals surface area contributed by atoms with Crippen LogP contribution in [-0.2, 0) is 10.0 Å². The highest BCUT2D eigenvalue weighted by atomic mass is 32.2. The molecule has 0 fully saturated rings. The van der Waals surface area contributed by atoms with Crippen LogP contribution < -0.4 is 10.5 Å². The molecule has 1 aliphatic carbocycles. The third-order valence-electron chi connectivity index (χ3n) is 3.73. The van der Waals surface area contributed by atoms with Gasteiger partial charge in [0.05, 0.1) is 0 Å². The fourth-order valence-corrected chi connectivity index (χ4v) is 3.55. The molecule has 0 saturated carbocycles. The smallest absolute Gasteiger partial charge is 0.243 e. The van der Waals surface area contributed by atoms with Gasteiger partial charge in [0.2, 0.25) is 10.0 Å². The van der Waals surface area contributed by atoms with Crippen molar-refractivity contribution in [2.45, 2.75) is 43.9 Å². The molecule has 0 amide bonds. The summed E-state index contributed by atoms with van der Waals surface area (Å²) in [6.45, 7) is 1.92. The molecular formula is C15H21FN2O2S. The van der Waals surface area contributed by atoms with Crippen LogP contribution in [0.4, 0.5) is 10.1 Å². The van der Waals surface area contributed by atoms with Crippen molar-refractivity contribution in [3.8, 4) is 0 Å². The molecule has 6 heteroatoms. The number of anilines is 1. The normalized spacial score (nSPS) is 15.8. The number of benzene rings is 1. The lowest BCUT2D eigenvalue weighted by Crippen LogP contribution is -2.26. The van der Waals surface area contributed by atoms with Crippen LogP contribution in [0, 0.1) is 12.7 Å². The molecule has 1 aromatic rings. The minimum Gasteiger partial charge on any atom is -0.398 e. The van der Waals surface area contributed by atoms with Crippen molar-refractivity contribution >= 4 is 15.7 Å². The van der Waals surface area contributed by atoms with Gasteiger partial charge in [-0.25, -0.2) is 17.5 Å². The van der Waals surface area contributed by atoms with E-state index in [1.165, 1.54) is 18.1 Å². The Kier molecular flexibility index (Phi) is 5.00. The Balaban J connectivity index is 2.05. The van der Waals surface area contributed by atoms with Crippen molar-refractivity contribution in [2.75, 3.05) is 12.3 Å². The maximum absolute atomic E-state index is 13.8. The Bertz CT molecular complexity index is 654. The minimum atomic E-state index is -3.86. The molecule has 0 heterocycles. The second-order valence-corrected chi connectivity index (χ2v) is 7.13. The van der Waals surface area contributed by atoms with Gasteiger partial charge in [-0.3, -0.25) is 0 Å². The summed E-state index contributed by atoms with van der Waals surface area (Å²) in [4.78, 5) is -0.386. The number of halogens is 1. The summed E-state index contributed by atoms with van der Waals surface area (Å²) in [5.74, 6) is -0.772. The molecule has 3 N–H and O–H groups in total. The lowest BCUT2D eigenvalue weighted by atomic mass is 9.97. The van der Waals surface area contributed by atoms with Crippen LogP contribution in [0.3, 0.4) is 0 Å². The number of aryl methyl sites for hydroxylation is 1. The number of allylic oxidation sites excluding steroid dienone is 1. The number of hydrogen-bond donors (Lipinski definition) is 2. The zero-order valence-electron chi connectivity index (χ0n) is 12.2. The predicted molar refractivity (Wildman–Crippen MR) is 81.9 cm³/mol. The molecule has 0 aromatic heterocycles. The first-order valence-corrected chi connectivity index (χ1v) is 8.61. The van der Waals surface area contributed by atoms with Crippen molar-refractivity contribution < 1.29 is 12.8 Å². The zero-order valence-corrected chi connectivity index (χ0v) is 13.0. The van der Waals surface area contributed by atoms with Gasteiger partial charge < -0.3 is 5.73 Å². The summed E-state index contributed by atoms with van der Waals surface area (Å²) >= 11 is 0. The first-order valence-electron chi connectivity index (χ1n) is 7.13. The summed E-state index contributed by atoms with van der Waals surface area (Å²) in [7, 11) is -3.86. The molecule has 21 heavy (non-hydrogen) atoms. The molecule has 0 aliphatic heterocycles. The Hall–Kier alpha value is -1.40. The average Bonchev–Trinajstić information content (AvgIpc) is 2.43. The Labute approximate surface area is 125 Å². The van der Waals surface area contributed by atoms with Gasteiger partial charge >= 0.3 is 0 Å². The van der Waals surface area contributed by atoms with Crippen molar-refractivity contribution in [1.82, 2.24) is 4.72 Å². The van der Waals surface area contributed by atoms with E-state index >= 15 is 0 Å². The Morgan fingerprint density at radius 2 is 2.10 bits per heavy atom. The fraction of sp³-hybridized carbons (Fsp3) is 0.467. The van der Waals surface area contributed by atoms with Crippen LogP contribution in [0.1, 0.15) is 37.7 Å². The molecular weight excluding hydrogens is 291 g/mol. The maximum atomic E-state index is 13.8. The van der Waals surface area contributed by atoms with E-state index in [-0.39, 0.29) is 17.1 Å². The summed E-state index contributed by atoms with van der Waals surface area (Å²) in [6.07, 6.45) is 7.27.